The Bertz CT molecular complexity index is 1380. The van der Waals surface area contributed by atoms with Crippen molar-refractivity contribution in [1.29, 1.82) is 0 Å². The topological polar surface area (TPSA) is 155 Å². The van der Waals surface area contributed by atoms with Crippen LogP contribution < -0.4 is 15.8 Å². The summed E-state index contributed by atoms with van der Waals surface area (Å²) in [7, 11) is -8.39. The van der Waals surface area contributed by atoms with Crippen LogP contribution in [0, 0.1) is 0 Å². The third kappa shape index (κ3) is 4.20. The Kier molecular flexibility index (Phi) is 6.10. The van der Waals surface area contributed by atoms with Crippen LogP contribution in [0.4, 0.5) is 0 Å². The first-order chi connectivity index (χ1) is 16.3. The van der Waals surface area contributed by atoms with E-state index in [1.165, 1.54) is 11.6 Å². The molecule has 0 spiro atoms. The smallest absolute Gasteiger partial charge is 0.240 e. The Balaban J connectivity index is 1.68. The lowest BCUT2D eigenvalue weighted by molar-refractivity contribution is 0.460. The molecule has 2 saturated heterocycles. The van der Waals surface area contributed by atoms with E-state index < -0.39 is 30.0 Å². The summed E-state index contributed by atoms with van der Waals surface area (Å²) in [6.45, 7) is 2.50. The van der Waals surface area contributed by atoms with Crippen LogP contribution in [0.15, 0.2) is 61.4 Å². The molecule has 0 atom stereocenters. The highest BCUT2D eigenvalue weighted by Gasteiger charge is 2.39. The number of nitrogens with zero attached hydrogens (tertiary/aromatic N) is 3. The predicted octanol–water partition coefficient (Wildman–Crippen LogP) is 1.38. The van der Waals surface area contributed by atoms with Crippen molar-refractivity contribution >= 4 is 25.7 Å². The number of sulfonamides is 1. The number of azo groups is 1. The molecule has 3 heterocycles. The second-order valence-electron chi connectivity index (χ2n) is 8.70. The molecule has 2 aromatic rings. The van der Waals surface area contributed by atoms with Crippen LogP contribution in [-0.2, 0) is 19.9 Å². The summed E-state index contributed by atoms with van der Waals surface area (Å²) in [6, 6.07) is 10.8. The van der Waals surface area contributed by atoms with Crippen LogP contribution >= 0.6 is 0 Å². The maximum Gasteiger partial charge on any atom is 0.240 e. The van der Waals surface area contributed by atoms with E-state index in [0.29, 0.717) is 11.5 Å². The van der Waals surface area contributed by atoms with E-state index in [4.69, 9.17) is 5.14 Å². The average molecular weight is 503 g/mol. The molecule has 0 amide bonds. The normalized spacial score (nSPS) is 19.7. The second kappa shape index (κ2) is 8.93. The van der Waals surface area contributed by atoms with Gasteiger partial charge in [0.1, 0.15) is 4.90 Å². The van der Waals surface area contributed by atoms with E-state index in [0.717, 1.165) is 31.5 Å². The van der Waals surface area contributed by atoms with Crippen LogP contribution in [0.25, 0.3) is 11.1 Å². The van der Waals surface area contributed by atoms with Gasteiger partial charge in [0.2, 0.25) is 10.0 Å². The molecule has 180 valence electrons. The number of hydrogen-bond donors (Lipinski definition) is 3. The molecular weight excluding hydrogens is 476 g/mol. The lowest BCUT2D eigenvalue weighted by Gasteiger charge is -2.28. The summed E-state index contributed by atoms with van der Waals surface area (Å²) >= 11 is 0. The van der Waals surface area contributed by atoms with Gasteiger partial charge in [-0.15, -0.1) is 5.11 Å². The number of hydrogen-bond acceptors (Lipinski definition) is 9. The Hall–Kier alpha value is -2.51. The quantitative estimate of drug-likeness (QED) is 0.542. The van der Waals surface area contributed by atoms with Crippen molar-refractivity contribution in [2.24, 2.45) is 20.4 Å². The summed E-state index contributed by atoms with van der Waals surface area (Å²) in [5.74, 6) is 0.525. The van der Waals surface area contributed by atoms with Crippen molar-refractivity contribution in [1.82, 2.24) is 10.6 Å². The van der Waals surface area contributed by atoms with E-state index >= 15 is 0 Å². The zero-order valence-electron chi connectivity index (χ0n) is 18.4. The highest BCUT2D eigenvalue weighted by Crippen LogP contribution is 2.37. The summed E-state index contributed by atoms with van der Waals surface area (Å²) in [5, 5.41) is 19.0. The van der Waals surface area contributed by atoms with Crippen molar-refractivity contribution in [3.05, 3.63) is 47.5 Å². The Morgan fingerprint density at radius 2 is 1.62 bits per heavy atom. The zero-order chi connectivity index (χ0) is 23.9. The SMILES string of the molecule is NS(=O)(=O)c1c(S(=O)(=O)C2CNC2)ccc(-c2ccc(C3CCNCC3)cc2)c1C1=NCN=N1. The van der Waals surface area contributed by atoms with Crippen LogP contribution in [-0.4, -0.2) is 60.8 Å². The standard InChI is InChI=1S/C22H26N6O4S2/c23-34(31,32)21-19(33(29,30)17-11-25-12-17)6-5-18(20(21)22-26-13-27-28-22)16-3-1-14(2-4-16)15-7-9-24-10-8-15/h1-6,15,17,24-25H,7-13H2,(H2,23,31,32). The first-order valence-corrected chi connectivity index (χ1v) is 14.2. The molecule has 2 fully saturated rings. The fourth-order valence-corrected chi connectivity index (χ4v) is 7.82. The lowest BCUT2D eigenvalue weighted by Crippen LogP contribution is -2.51. The molecule has 4 N–H and O–H groups in total. The van der Waals surface area contributed by atoms with Crippen molar-refractivity contribution in [2.45, 2.75) is 33.8 Å². The molecule has 3 aliphatic rings. The number of amidine groups is 1. The largest absolute Gasteiger partial charge is 0.317 e. The Morgan fingerprint density at radius 3 is 2.18 bits per heavy atom. The highest BCUT2D eigenvalue weighted by molar-refractivity contribution is 7.94. The monoisotopic (exact) mass is 502 g/mol. The summed E-state index contributed by atoms with van der Waals surface area (Å²) in [5.41, 5.74) is 2.50. The van der Waals surface area contributed by atoms with Crippen LogP contribution in [0.3, 0.4) is 0 Å². The first kappa shape index (κ1) is 23.2. The van der Waals surface area contributed by atoms with Gasteiger partial charge in [-0.25, -0.2) is 27.0 Å². The van der Waals surface area contributed by atoms with E-state index in [2.05, 4.69) is 25.9 Å². The number of rotatable bonds is 6. The molecule has 3 aliphatic heterocycles. The molecule has 0 radical (unpaired) electrons. The number of primary sulfonamides is 1. The summed E-state index contributed by atoms with van der Waals surface area (Å²) in [6.07, 6.45) is 2.11. The zero-order valence-corrected chi connectivity index (χ0v) is 20.1. The summed E-state index contributed by atoms with van der Waals surface area (Å²) < 4.78 is 52.1. The number of aliphatic imine (C=N–C) groups is 1. The van der Waals surface area contributed by atoms with Crippen LogP contribution in [0.1, 0.15) is 29.9 Å². The second-order valence-corrected chi connectivity index (χ2v) is 12.4. The van der Waals surface area contributed by atoms with Crippen molar-refractivity contribution < 1.29 is 16.8 Å². The molecule has 10 nitrogen and oxygen atoms in total. The van der Waals surface area contributed by atoms with Crippen molar-refractivity contribution in [2.75, 3.05) is 32.8 Å². The van der Waals surface area contributed by atoms with Crippen molar-refractivity contribution in [3.63, 3.8) is 0 Å². The number of benzene rings is 2. The molecule has 12 heteroatoms. The average Bonchev–Trinajstić information content (AvgIpc) is 3.31. The summed E-state index contributed by atoms with van der Waals surface area (Å²) in [4.78, 5) is 3.41. The minimum Gasteiger partial charge on any atom is -0.317 e. The van der Waals surface area contributed by atoms with Gasteiger partial charge in [0.15, 0.2) is 22.3 Å². The molecular formula is C22H26N6O4S2. The van der Waals surface area contributed by atoms with Gasteiger partial charge in [0, 0.05) is 18.7 Å². The van der Waals surface area contributed by atoms with Crippen LogP contribution in [0.5, 0.6) is 0 Å². The van der Waals surface area contributed by atoms with Crippen molar-refractivity contribution in [3.8, 4) is 11.1 Å². The van der Waals surface area contributed by atoms with Gasteiger partial charge in [-0.2, -0.15) is 5.11 Å². The highest BCUT2D eigenvalue weighted by atomic mass is 32.2. The first-order valence-electron chi connectivity index (χ1n) is 11.1. The van der Waals surface area contributed by atoms with Gasteiger partial charge in [0.25, 0.3) is 0 Å². The molecule has 0 saturated carbocycles. The van der Waals surface area contributed by atoms with Gasteiger partial charge in [-0.05, 0) is 54.6 Å². The van der Waals surface area contributed by atoms with Gasteiger partial charge in [-0.3, -0.25) is 0 Å². The van der Waals surface area contributed by atoms with E-state index in [-0.39, 0.29) is 36.1 Å². The third-order valence-corrected chi connectivity index (χ3v) is 9.89. The lowest BCUT2D eigenvalue weighted by atomic mass is 9.88. The van der Waals surface area contributed by atoms with E-state index in [1.807, 2.05) is 24.3 Å². The molecule has 0 bridgehead atoms. The minimum atomic E-state index is -4.45. The number of nitrogens with two attached hydrogens (primary N) is 1. The maximum atomic E-state index is 13.3. The van der Waals surface area contributed by atoms with Crippen LogP contribution in [0.2, 0.25) is 0 Å². The fourth-order valence-electron chi connectivity index (χ4n) is 4.64. The fraction of sp³-hybridized carbons (Fsp3) is 0.409. The van der Waals surface area contributed by atoms with Gasteiger partial charge >= 0.3 is 0 Å². The molecule has 0 aromatic heterocycles. The Morgan fingerprint density at radius 1 is 0.912 bits per heavy atom. The molecule has 2 aromatic carbocycles. The number of nitrogens with one attached hydrogen (secondary N) is 2. The Labute approximate surface area is 198 Å². The minimum absolute atomic E-state index is 0.0387. The maximum absolute atomic E-state index is 13.3. The van der Waals surface area contributed by atoms with Gasteiger partial charge in [0.05, 0.1) is 10.1 Å². The molecule has 0 unspecified atom stereocenters. The van der Waals surface area contributed by atoms with Gasteiger partial charge < -0.3 is 10.6 Å². The van der Waals surface area contributed by atoms with E-state index in [9.17, 15) is 16.8 Å². The number of piperidine rings is 1. The predicted molar refractivity (Wildman–Crippen MR) is 128 cm³/mol. The third-order valence-electron chi connectivity index (χ3n) is 6.60. The molecule has 5 rings (SSSR count). The molecule has 34 heavy (non-hydrogen) atoms. The number of sulfone groups is 1. The van der Waals surface area contributed by atoms with E-state index in [1.54, 1.807) is 6.07 Å². The van der Waals surface area contributed by atoms with Gasteiger partial charge in [-0.1, -0.05) is 30.3 Å². The molecule has 0 aliphatic carbocycles.